The second-order valence-electron chi connectivity index (χ2n) is 4.01. The molecule has 1 fully saturated rings. The Morgan fingerprint density at radius 1 is 1.19 bits per heavy atom. The minimum absolute atomic E-state index is 0.0818. The Morgan fingerprint density at radius 3 is 2.44 bits per heavy atom. The Balaban J connectivity index is 0.000000606. The normalized spacial score (nSPS) is 15.8. The summed E-state index contributed by atoms with van der Waals surface area (Å²) in [6, 6.07) is 5.35. The van der Waals surface area contributed by atoms with Gasteiger partial charge in [0.2, 0.25) is 0 Å². The molecule has 2 rings (SSSR count). The fraction of sp³-hybridized carbons (Fsp3) is 0.571. The summed E-state index contributed by atoms with van der Waals surface area (Å²) in [5.74, 6) is -0.0818. The molecule has 0 amide bonds. The van der Waals surface area contributed by atoms with Crippen molar-refractivity contribution in [2.75, 3.05) is 13.1 Å². The smallest absolute Gasteiger partial charge is 0.126 e. The van der Waals surface area contributed by atoms with Gasteiger partial charge < -0.3 is 0 Å². The first-order valence-electron chi connectivity index (χ1n) is 6.24. The van der Waals surface area contributed by atoms with Crippen LogP contribution in [-0.4, -0.2) is 18.0 Å². The van der Waals surface area contributed by atoms with Gasteiger partial charge in [-0.05, 0) is 50.0 Å². The van der Waals surface area contributed by atoms with Crippen LogP contribution in [0.5, 0.6) is 0 Å². The quantitative estimate of drug-likeness (QED) is 0.738. The van der Waals surface area contributed by atoms with Gasteiger partial charge in [-0.15, -0.1) is 0 Å². The molecule has 2 heteroatoms. The van der Waals surface area contributed by atoms with E-state index in [2.05, 4.69) is 4.90 Å². The van der Waals surface area contributed by atoms with Gasteiger partial charge in [0.1, 0.15) is 5.82 Å². The molecular formula is C14H22FN. The number of rotatable bonds is 2. The van der Waals surface area contributed by atoms with Crippen molar-refractivity contribution in [3.05, 3.63) is 35.1 Å². The van der Waals surface area contributed by atoms with Gasteiger partial charge in [-0.3, -0.25) is 4.90 Å². The minimum atomic E-state index is -0.0818. The van der Waals surface area contributed by atoms with Gasteiger partial charge in [-0.2, -0.15) is 0 Å². The van der Waals surface area contributed by atoms with E-state index in [9.17, 15) is 4.39 Å². The van der Waals surface area contributed by atoms with Crippen molar-refractivity contribution in [3.8, 4) is 0 Å². The van der Waals surface area contributed by atoms with E-state index in [0.29, 0.717) is 0 Å². The highest BCUT2D eigenvalue weighted by molar-refractivity contribution is 5.27. The summed E-state index contributed by atoms with van der Waals surface area (Å²) in [7, 11) is 0. The first kappa shape index (κ1) is 13.2. The summed E-state index contributed by atoms with van der Waals surface area (Å²) < 4.78 is 13.2. The third-order valence-electron chi connectivity index (χ3n) is 2.97. The van der Waals surface area contributed by atoms with Crippen molar-refractivity contribution in [1.82, 2.24) is 4.90 Å². The molecule has 1 heterocycles. The summed E-state index contributed by atoms with van der Waals surface area (Å²) in [6.07, 6.45) is 2.57. The predicted octanol–water partition coefficient (Wildman–Crippen LogP) is 3.76. The first-order chi connectivity index (χ1) is 7.77. The molecule has 0 saturated carbocycles. The monoisotopic (exact) mass is 223 g/mol. The van der Waals surface area contributed by atoms with Crippen LogP contribution in [0.1, 0.15) is 37.8 Å². The molecule has 0 aromatic heterocycles. The lowest BCUT2D eigenvalue weighted by Crippen LogP contribution is -2.19. The van der Waals surface area contributed by atoms with Crippen LogP contribution in [0.3, 0.4) is 0 Å². The lowest BCUT2D eigenvalue weighted by atomic mass is 10.1. The highest BCUT2D eigenvalue weighted by Crippen LogP contribution is 2.17. The average Bonchev–Trinajstić information content (AvgIpc) is 2.80. The van der Waals surface area contributed by atoms with Crippen LogP contribution in [0.4, 0.5) is 4.39 Å². The second-order valence-corrected chi connectivity index (χ2v) is 4.01. The zero-order valence-corrected chi connectivity index (χ0v) is 10.6. The maximum atomic E-state index is 13.2. The van der Waals surface area contributed by atoms with E-state index in [1.54, 1.807) is 6.07 Å². The molecule has 1 nitrogen and oxygen atoms in total. The number of hydrogen-bond acceptors (Lipinski definition) is 1. The van der Waals surface area contributed by atoms with Crippen LogP contribution < -0.4 is 0 Å². The van der Waals surface area contributed by atoms with Gasteiger partial charge in [0.05, 0.1) is 0 Å². The standard InChI is InChI=1S/C12H16FN.C2H6/c1-10-11(5-4-6-12(10)13)9-14-7-2-3-8-14;1-2/h4-6H,2-3,7-9H2,1H3;1-2H3. The van der Waals surface area contributed by atoms with Crippen LogP contribution in [0.2, 0.25) is 0 Å². The molecule has 1 aromatic carbocycles. The van der Waals surface area contributed by atoms with Crippen LogP contribution in [0, 0.1) is 12.7 Å². The Kier molecular flexibility index (Phi) is 5.47. The Hall–Kier alpha value is -0.890. The van der Waals surface area contributed by atoms with Crippen LogP contribution >= 0.6 is 0 Å². The molecule has 0 N–H and O–H groups in total. The van der Waals surface area contributed by atoms with Gasteiger partial charge in [0, 0.05) is 6.54 Å². The first-order valence-corrected chi connectivity index (χ1v) is 6.24. The molecule has 0 aliphatic carbocycles. The number of halogens is 1. The summed E-state index contributed by atoms with van der Waals surface area (Å²) >= 11 is 0. The van der Waals surface area contributed by atoms with E-state index < -0.39 is 0 Å². The van der Waals surface area contributed by atoms with Crippen molar-refractivity contribution in [3.63, 3.8) is 0 Å². The zero-order chi connectivity index (χ0) is 12.0. The molecule has 1 saturated heterocycles. The largest absolute Gasteiger partial charge is 0.299 e. The third-order valence-corrected chi connectivity index (χ3v) is 2.97. The number of benzene rings is 1. The molecule has 1 aliphatic rings. The highest BCUT2D eigenvalue weighted by Gasteiger charge is 2.13. The summed E-state index contributed by atoms with van der Waals surface area (Å²) in [5, 5.41) is 0. The van der Waals surface area contributed by atoms with Gasteiger partial charge in [-0.1, -0.05) is 26.0 Å². The Labute approximate surface area is 98.3 Å². The summed E-state index contributed by atoms with van der Waals surface area (Å²) in [6.45, 7) is 9.09. The molecule has 0 spiro atoms. The van der Waals surface area contributed by atoms with Gasteiger partial charge >= 0.3 is 0 Å². The second kappa shape index (κ2) is 6.64. The topological polar surface area (TPSA) is 3.24 Å². The van der Waals surface area contributed by atoms with E-state index in [-0.39, 0.29) is 5.82 Å². The van der Waals surface area contributed by atoms with Crippen molar-refractivity contribution < 1.29 is 4.39 Å². The molecule has 0 unspecified atom stereocenters. The minimum Gasteiger partial charge on any atom is -0.299 e. The highest BCUT2D eigenvalue weighted by atomic mass is 19.1. The van der Waals surface area contributed by atoms with E-state index in [0.717, 1.165) is 30.8 Å². The third kappa shape index (κ3) is 3.31. The lowest BCUT2D eigenvalue weighted by molar-refractivity contribution is 0.330. The predicted molar refractivity (Wildman–Crippen MR) is 67.0 cm³/mol. The maximum absolute atomic E-state index is 13.2. The maximum Gasteiger partial charge on any atom is 0.126 e. The Morgan fingerprint density at radius 2 is 1.81 bits per heavy atom. The number of nitrogens with zero attached hydrogens (tertiary/aromatic N) is 1. The number of hydrogen-bond donors (Lipinski definition) is 0. The molecule has 0 bridgehead atoms. The van der Waals surface area contributed by atoms with E-state index in [1.807, 2.05) is 26.8 Å². The van der Waals surface area contributed by atoms with Crippen LogP contribution in [-0.2, 0) is 6.54 Å². The van der Waals surface area contributed by atoms with Crippen LogP contribution in [0.25, 0.3) is 0 Å². The van der Waals surface area contributed by atoms with Crippen molar-refractivity contribution >= 4 is 0 Å². The molecular weight excluding hydrogens is 201 g/mol. The molecule has 90 valence electrons. The zero-order valence-electron chi connectivity index (χ0n) is 10.6. The number of likely N-dealkylation sites (tertiary alicyclic amines) is 1. The van der Waals surface area contributed by atoms with Gasteiger partial charge in [0.25, 0.3) is 0 Å². The lowest BCUT2D eigenvalue weighted by Gasteiger charge is -2.16. The van der Waals surface area contributed by atoms with Gasteiger partial charge in [-0.25, -0.2) is 4.39 Å². The van der Waals surface area contributed by atoms with E-state index in [4.69, 9.17) is 0 Å². The van der Waals surface area contributed by atoms with Crippen molar-refractivity contribution in [1.29, 1.82) is 0 Å². The van der Waals surface area contributed by atoms with Crippen LogP contribution in [0.15, 0.2) is 18.2 Å². The van der Waals surface area contributed by atoms with E-state index in [1.165, 1.54) is 18.9 Å². The van der Waals surface area contributed by atoms with Crippen molar-refractivity contribution in [2.45, 2.75) is 40.2 Å². The molecule has 0 atom stereocenters. The molecule has 0 radical (unpaired) electrons. The fourth-order valence-electron chi connectivity index (χ4n) is 2.01. The summed E-state index contributed by atoms with van der Waals surface area (Å²) in [5.41, 5.74) is 1.94. The fourth-order valence-corrected chi connectivity index (χ4v) is 2.01. The molecule has 1 aliphatic heterocycles. The van der Waals surface area contributed by atoms with Crippen molar-refractivity contribution in [2.24, 2.45) is 0 Å². The molecule has 1 aromatic rings. The van der Waals surface area contributed by atoms with E-state index >= 15 is 0 Å². The SMILES string of the molecule is CC.Cc1c(F)cccc1CN1CCCC1. The average molecular weight is 223 g/mol. The van der Waals surface area contributed by atoms with Gasteiger partial charge in [0.15, 0.2) is 0 Å². The summed E-state index contributed by atoms with van der Waals surface area (Å²) in [4.78, 5) is 2.39. The Bertz CT molecular complexity index is 317. The molecule has 16 heavy (non-hydrogen) atoms.